The molecule has 0 saturated carbocycles. The molecule has 3 unspecified atom stereocenters. The van der Waals surface area contributed by atoms with Gasteiger partial charge in [0, 0.05) is 26.1 Å². The van der Waals surface area contributed by atoms with Crippen LogP contribution in [0.3, 0.4) is 0 Å². The number of benzene rings is 2. The minimum absolute atomic E-state index is 0.106. The number of para-hydroxylation sites is 1. The van der Waals surface area contributed by atoms with Crippen LogP contribution in [0, 0.1) is 11.7 Å². The molecule has 1 aliphatic rings. The number of nitrogens with zero attached hydrogens (tertiary/aromatic N) is 1. The normalized spacial score (nSPS) is 20.3. The molecule has 0 spiro atoms. The van der Waals surface area contributed by atoms with Gasteiger partial charge < -0.3 is 20.1 Å². The number of rotatable bonds is 8. The first-order valence-electron chi connectivity index (χ1n) is 10.2. The predicted octanol–water partition coefficient (Wildman–Crippen LogP) is 3.93. The maximum absolute atomic E-state index is 13.8. The van der Waals surface area contributed by atoms with E-state index in [1.54, 1.807) is 25.2 Å². The van der Waals surface area contributed by atoms with Crippen molar-refractivity contribution in [3.63, 3.8) is 0 Å². The molecule has 3 atom stereocenters. The minimum atomic E-state index is -0.346. The van der Waals surface area contributed by atoms with Crippen molar-refractivity contribution in [3.05, 3.63) is 66.0 Å². The fourth-order valence-electron chi connectivity index (χ4n) is 3.50. The summed E-state index contributed by atoms with van der Waals surface area (Å²) in [5.41, 5.74) is 1.21. The largest absolute Gasteiger partial charge is 0.486 e. The average molecular weight is 400 g/mol. The summed E-state index contributed by atoms with van der Waals surface area (Å²) in [4.78, 5) is 4.30. The zero-order chi connectivity index (χ0) is 20.5. The van der Waals surface area contributed by atoms with Crippen molar-refractivity contribution in [2.75, 3.05) is 26.7 Å². The van der Waals surface area contributed by atoms with Gasteiger partial charge in [0.2, 0.25) is 0 Å². The summed E-state index contributed by atoms with van der Waals surface area (Å²) < 4.78 is 25.6. The van der Waals surface area contributed by atoms with Gasteiger partial charge >= 0.3 is 0 Å². The monoisotopic (exact) mass is 399 g/mol. The molecule has 5 nitrogen and oxygen atoms in total. The molecule has 1 heterocycles. The number of hydrogen-bond donors (Lipinski definition) is 2. The first-order valence-corrected chi connectivity index (χ1v) is 10.2. The van der Waals surface area contributed by atoms with Crippen LogP contribution >= 0.6 is 0 Å². The number of hydrogen-bond acceptors (Lipinski definition) is 3. The third-order valence-corrected chi connectivity index (χ3v) is 5.18. The third kappa shape index (κ3) is 5.94. The van der Waals surface area contributed by atoms with Gasteiger partial charge in [0.15, 0.2) is 17.5 Å². The van der Waals surface area contributed by atoms with Crippen LogP contribution < -0.4 is 15.4 Å². The highest BCUT2D eigenvalue weighted by Crippen LogP contribution is 2.33. The predicted molar refractivity (Wildman–Crippen MR) is 114 cm³/mol. The first-order chi connectivity index (χ1) is 14.2. The van der Waals surface area contributed by atoms with E-state index >= 15 is 0 Å². The van der Waals surface area contributed by atoms with E-state index in [4.69, 9.17) is 9.47 Å². The van der Waals surface area contributed by atoms with Crippen LogP contribution in [0.25, 0.3) is 0 Å². The smallest absolute Gasteiger partial charge is 0.191 e. The van der Waals surface area contributed by atoms with Crippen molar-refractivity contribution in [1.29, 1.82) is 0 Å². The third-order valence-electron chi connectivity index (χ3n) is 5.18. The Balaban J connectivity index is 1.49. The average Bonchev–Trinajstić information content (AvgIpc) is 3.23. The van der Waals surface area contributed by atoms with Gasteiger partial charge in [-0.15, -0.1) is 0 Å². The molecule has 6 heteroatoms. The van der Waals surface area contributed by atoms with Gasteiger partial charge in [-0.3, -0.25) is 4.99 Å². The van der Waals surface area contributed by atoms with E-state index in [9.17, 15) is 4.39 Å². The first kappa shape index (κ1) is 21.1. The van der Waals surface area contributed by atoms with Crippen molar-refractivity contribution >= 4 is 5.96 Å². The lowest BCUT2D eigenvalue weighted by Crippen LogP contribution is -2.44. The van der Waals surface area contributed by atoms with Crippen LogP contribution in [-0.4, -0.2) is 38.8 Å². The molecule has 29 heavy (non-hydrogen) atoms. The number of halogens is 1. The van der Waals surface area contributed by atoms with Gasteiger partial charge in [0.05, 0.1) is 12.6 Å². The Kier molecular flexibility index (Phi) is 7.87. The molecule has 0 amide bonds. The molecule has 0 aliphatic carbocycles. The zero-order valence-corrected chi connectivity index (χ0v) is 17.1. The Labute approximate surface area is 172 Å². The Morgan fingerprint density at radius 3 is 2.66 bits per heavy atom. The Morgan fingerprint density at radius 2 is 1.93 bits per heavy atom. The minimum Gasteiger partial charge on any atom is -0.486 e. The fourth-order valence-corrected chi connectivity index (χ4v) is 3.50. The van der Waals surface area contributed by atoms with Crippen LogP contribution in [0.2, 0.25) is 0 Å². The van der Waals surface area contributed by atoms with Crippen LogP contribution in [0.1, 0.15) is 31.4 Å². The number of ether oxygens (including phenoxy) is 2. The SMILES string of the molecule is CCC(CNC(=NC)NCC1CCOC1c1ccccc1)Oc1ccccc1F. The molecular weight excluding hydrogens is 369 g/mol. The molecule has 0 aromatic heterocycles. The molecule has 2 aromatic rings. The Bertz CT molecular complexity index is 785. The number of nitrogens with one attached hydrogen (secondary N) is 2. The zero-order valence-electron chi connectivity index (χ0n) is 17.1. The van der Waals surface area contributed by atoms with E-state index in [0.29, 0.717) is 18.4 Å². The van der Waals surface area contributed by atoms with Gasteiger partial charge in [-0.2, -0.15) is 0 Å². The highest BCUT2D eigenvalue weighted by atomic mass is 19.1. The van der Waals surface area contributed by atoms with Crippen LogP contribution in [0.5, 0.6) is 5.75 Å². The molecule has 1 fully saturated rings. The summed E-state index contributed by atoms with van der Waals surface area (Å²) in [6, 6.07) is 16.8. The number of guanidine groups is 1. The van der Waals surface area contributed by atoms with E-state index in [2.05, 4.69) is 27.8 Å². The fraction of sp³-hybridized carbons (Fsp3) is 0.435. The maximum Gasteiger partial charge on any atom is 0.191 e. The van der Waals surface area contributed by atoms with E-state index in [0.717, 1.165) is 26.0 Å². The molecule has 1 saturated heterocycles. The lowest BCUT2D eigenvalue weighted by molar-refractivity contribution is 0.0915. The summed E-state index contributed by atoms with van der Waals surface area (Å²) in [6.45, 7) is 4.09. The van der Waals surface area contributed by atoms with Crippen molar-refractivity contribution in [3.8, 4) is 5.75 Å². The topological polar surface area (TPSA) is 54.9 Å². The highest BCUT2D eigenvalue weighted by Gasteiger charge is 2.29. The van der Waals surface area contributed by atoms with Gasteiger partial charge in [-0.1, -0.05) is 49.4 Å². The highest BCUT2D eigenvalue weighted by molar-refractivity contribution is 5.79. The molecule has 2 N–H and O–H groups in total. The second kappa shape index (κ2) is 10.8. The van der Waals surface area contributed by atoms with Crippen molar-refractivity contribution in [2.24, 2.45) is 10.9 Å². The van der Waals surface area contributed by atoms with Gasteiger partial charge in [0.1, 0.15) is 6.10 Å². The quantitative estimate of drug-likeness (QED) is 0.522. The second-order valence-electron chi connectivity index (χ2n) is 7.16. The summed E-state index contributed by atoms with van der Waals surface area (Å²) >= 11 is 0. The van der Waals surface area contributed by atoms with Crippen molar-refractivity contribution in [1.82, 2.24) is 10.6 Å². The van der Waals surface area contributed by atoms with E-state index in [-0.39, 0.29) is 23.8 Å². The van der Waals surface area contributed by atoms with Crippen LogP contribution in [0.4, 0.5) is 4.39 Å². The molecule has 0 bridgehead atoms. The lowest BCUT2D eigenvalue weighted by atomic mass is 9.95. The van der Waals surface area contributed by atoms with Gasteiger partial charge in [-0.25, -0.2) is 4.39 Å². The summed E-state index contributed by atoms with van der Waals surface area (Å²) in [6.07, 6.45) is 1.72. The molecule has 156 valence electrons. The van der Waals surface area contributed by atoms with Gasteiger partial charge in [0.25, 0.3) is 0 Å². The standard InChI is InChI=1S/C23H30FN3O2/c1-3-19(29-21-12-8-7-11-20(21)24)16-27-23(25-2)26-15-18-13-14-28-22(18)17-9-5-4-6-10-17/h4-12,18-19,22H,3,13-16H2,1-2H3,(H2,25,26,27). The lowest BCUT2D eigenvalue weighted by Gasteiger charge is -2.22. The molecule has 1 aliphatic heterocycles. The molecule has 2 aromatic carbocycles. The summed E-state index contributed by atoms with van der Waals surface area (Å²) in [5.74, 6) is 1.02. The second-order valence-corrected chi connectivity index (χ2v) is 7.16. The Morgan fingerprint density at radius 1 is 1.17 bits per heavy atom. The van der Waals surface area contributed by atoms with E-state index in [1.807, 2.05) is 25.1 Å². The van der Waals surface area contributed by atoms with Crippen molar-refractivity contribution in [2.45, 2.75) is 32.0 Å². The summed E-state index contributed by atoms with van der Waals surface area (Å²) in [5, 5.41) is 6.68. The molecule has 0 radical (unpaired) electrons. The maximum atomic E-state index is 13.8. The van der Waals surface area contributed by atoms with Crippen molar-refractivity contribution < 1.29 is 13.9 Å². The summed E-state index contributed by atoms with van der Waals surface area (Å²) in [7, 11) is 1.74. The van der Waals surface area contributed by atoms with Crippen LogP contribution in [0.15, 0.2) is 59.6 Å². The van der Waals surface area contributed by atoms with E-state index < -0.39 is 0 Å². The molecular formula is C23H30FN3O2. The Hall–Kier alpha value is -2.60. The molecule has 3 rings (SSSR count). The van der Waals surface area contributed by atoms with Gasteiger partial charge in [-0.05, 0) is 30.5 Å². The van der Waals surface area contributed by atoms with E-state index in [1.165, 1.54) is 11.6 Å². The number of aliphatic imine (C=N–C) groups is 1. The van der Waals surface area contributed by atoms with Crippen LogP contribution in [-0.2, 0) is 4.74 Å².